The van der Waals surface area contributed by atoms with Gasteiger partial charge in [-0.2, -0.15) is 0 Å². The molecule has 1 saturated heterocycles. The maximum atomic E-state index is 12.3. The van der Waals surface area contributed by atoms with Crippen LogP contribution < -0.4 is 19.7 Å². The topological polar surface area (TPSA) is 67.9 Å². The van der Waals surface area contributed by atoms with Crippen LogP contribution in [0.3, 0.4) is 0 Å². The molecule has 0 aliphatic carbocycles. The zero-order valence-corrected chi connectivity index (χ0v) is 14.3. The molecule has 1 N–H and O–H groups in total. The van der Waals surface area contributed by atoms with E-state index in [1.165, 1.54) is 0 Å². The second-order valence-corrected chi connectivity index (χ2v) is 6.40. The molecule has 1 fully saturated rings. The van der Waals surface area contributed by atoms with Crippen LogP contribution in [0.15, 0.2) is 48.5 Å². The van der Waals surface area contributed by atoms with Crippen molar-refractivity contribution in [1.82, 2.24) is 5.32 Å². The number of carbonyl (C=O) groups is 2. The average molecular weight is 352 g/mol. The number of nitrogens with zero attached hydrogens (tertiary/aromatic N) is 1. The third-order valence-electron chi connectivity index (χ3n) is 4.57. The summed E-state index contributed by atoms with van der Waals surface area (Å²) in [6, 6.07) is 14.6. The number of para-hydroxylation sites is 2. The third kappa shape index (κ3) is 3.35. The Morgan fingerprint density at radius 2 is 1.88 bits per heavy atom. The predicted octanol–water partition coefficient (Wildman–Crippen LogP) is 2.38. The van der Waals surface area contributed by atoms with Gasteiger partial charge in [0.25, 0.3) is 5.91 Å². The second-order valence-electron chi connectivity index (χ2n) is 6.40. The SMILES string of the molecule is O=C(NCC1COc2ccccc2O1)c1ccc(N2CCCC2=O)cc1. The smallest absolute Gasteiger partial charge is 0.251 e. The van der Waals surface area contributed by atoms with Gasteiger partial charge in [-0.05, 0) is 42.8 Å². The molecule has 6 heteroatoms. The van der Waals surface area contributed by atoms with Gasteiger partial charge in [-0.3, -0.25) is 9.59 Å². The quantitative estimate of drug-likeness (QED) is 0.917. The standard InChI is InChI=1S/C20H20N2O4/c23-19-6-3-11-22(19)15-9-7-14(8-10-15)20(24)21-12-16-13-25-17-4-1-2-5-18(17)26-16/h1-2,4-5,7-10,16H,3,6,11-13H2,(H,21,24). The summed E-state index contributed by atoms with van der Waals surface area (Å²) >= 11 is 0. The molecule has 2 aromatic rings. The van der Waals surface area contributed by atoms with Crippen LogP contribution in [0, 0.1) is 0 Å². The van der Waals surface area contributed by atoms with E-state index in [0.29, 0.717) is 30.9 Å². The molecule has 1 unspecified atom stereocenters. The largest absolute Gasteiger partial charge is 0.486 e. The number of anilines is 1. The number of hydrogen-bond acceptors (Lipinski definition) is 4. The van der Waals surface area contributed by atoms with Crippen molar-refractivity contribution in [3.8, 4) is 11.5 Å². The van der Waals surface area contributed by atoms with Crippen molar-refractivity contribution in [2.45, 2.75) is 18.9 Å². The Bertz CT molecular complexity index is 819. The molecule has 2 aromatic carbocycles. The van der Waals surface area contributed by atoms with Crippen LogP contribution in [0.1, 0.15) is 23.2 Å². The van der Waals surface area contributed by atoms with E-state index in [1.807, 2.05) is 36.4 Å². The van der Waals surface area contributed by atoms with E-state index in [1.54, 1.807) is 17.0 Å². The lowest BCUT2D eigenvalue weighted by molar-refractivity contribution is -0.117. The van der Waals surface area contributed by atoms with Gasteiger partial charge in [0.1, 0.15) is 12.7 Å². The first kappa shape index (κ1) is 16.4. The molecule has 6 nitrogen and oxygen atoms in total. The van der Waals surface area contributed by atoms with Crippen molar-refractivity contribution in [2.75, 3.05) is 24.6 Å². The highest BCUT2D eigenvalue weighted by molar-refractivity contribution is 5.97. The molecular weight excluding hydrogens is 332 g/mol. The summed E-state index contributed by atoms with van der Waals surface area (Å²) < 4.78 is 11.5. The lowest BCUT2D eigenvalue weighted by Crippen LogP contribution is -2.40. The first-order chi connectivity index (χ1) is 12.7. The summed E-state index contributed by atoms with van der Waals surface area (Å²) in [4.78, 5) is 25.9. The highest BCUT2D eigenvalue weighted by atomic mass is 16.6. The number of nitrogens with one attached hydrogen (secondary N) is 1. The van der Waals surface area contributed by atoms with Crippen molar-refractivity contribution in [1.29, 1.82) is 0 Å². The van der Waals surface area contributed by atoms with Crippen molar-refractivity contribution in [3.63, 3.8) is 0 Å². The van der Waals surface area contributed by atoms with Gasteiger partial charge in [0.05, 0.1) is 6.54 Å². The van der Waals surface area contributed by atoms with Crippen LogP contribution in [0.4, 0.5) is 5.69 Å². The zero-order chi connectivity index (χ0) is 17.9. The fourth-order valence-corrected chi connectivity index (χ4v) is 3.19. The number of amides is 2. The minimum absolute atomic E-state index is 0.136. The number of rotatable bonds is 4. The Morgan fingerprint density at radius 1 is 1.12 bits per heavy atom. The van der Waals surface area contributed by atoms with Gasteiger partial charge in [0, 0.05) is 24.2 Å². The average Bonchev–Trinajstić information content (AvgIpc) is 3.12. The Balaban J connectivity index is 1.33. The van der Waals surface area contributed by atoms with Crippen molar-refractivity contribution in [3.05, 3.63) is 54.1 Å². The van der Waals surface area contributed by atoms with E-state index in [9.17, 15) is 9.59 Å². The molecule has 1 atom stereocenters. The van der Waals surface area contributed by atoms with Gasteiger partial charge in [-0.1, -0.05) is 12.1 Å². The molecule has 0 bridgehead atoms. The van der Waals surface area contributed by atoms with E-state index < -0.39 is 0 Å². The van der Waals surface area contributed by atoms with E-state index in [-0.39, 0.29) is 17.9 Å². The highest BCUT2D eigenvalue weighted by Crippen LogP contribution is 2.30. The van der Waals surface area contributed by atoms with Gasteiger partial charge in [-0.25, -0.2) is 0 Å². The van der Waals surface area contributed by atoms with Crippen LogP contribution >= 0.6 is 0 Å². The molecule has 134 valence electrons. The molecular formula is C20H20N2O4. The fraction of sp³-hybridized carbons (Fsp3) is 0.300. The molecule has 26 heavy (non-hydrogen) atoms. The van der Waals surface area contributed by atoms with Crippen molar-refractivity contribution in [2.24, 2.45) is 0 Å². The Morgan fingerprint density at radius 3 is 2.62 bits per heavy atom. The molecule has 2 heterocycles. The first-order valence-electron chi connectivity index (χ1n) is 8.78. The first-order valence-corrected chi connectivity index (χ1v) is 8.78. The second kappa shape index (κ2) is 7.07. The molecule has 2 amide bonds. The number of ether oxygens (including phenoxy) is 2. The number of carbonyl (C=O) groups excluding carboxylic acids is 2. The fourth-order valence-electron chi connectivity index (χ4n) is 3.19. The van der Waals surface area contributed by atoms with Crippen molar-refractivity contribution < 1.29 is 19.1 Å². The Kier molecular flexibility index (Phi) is 4.48. The molecule has 2 aliphatic heterocycles. The van der Waals surface area contributed by atoms with Gasteiger partial charge >= 0.3 is 0 Å². The normalized spacial score (nSPS) is 18.7. The van der Waals surface area contributed by atoms with E-state index >= 15 is 0 Å². The summed E-state index contributed by atoms with van der Waals surface area (Å²) in [5.74, 6) is 1.38. The van der Waals surface area contributed by atoms with E-state index in [2.05, 4.69) is 5.32 Å². The molecule has 4 rings (SSSR count). The van der Waals surface area contributed by atoms with Crippen LogP contribution in [-0.2, 0) is 4.79 Å². The lowest BCUT2D eigenvalue weighted by atomic mass is 10.2. The van der Waals surface area contributed by atoms with Gasteiger partial charge in [0.2, 0.25) is 5.91 Å². The molecule has 0 radical (unpaired) electrons. The van der Waals surface area contributed by atoms with Crippen LogP contribution in [0.2, 0.25) is 0 Å². The van der Waals surface area contributed by atoms with Gasteiger partial charge in [-0.15, -0.1) is 0 Å². The maximum absolute atomic E-state index is 12.3. The monoisotopic (exact) mass is 352 g/mol. The molecule has 0 saturated carbocycles. The number of benzene rings is 2. The highest BCUT2D eigenvalue weighted by Gasteiger charge is 2.23. The number of hydrogen-bond donors (Lipinski definition) is 1. The third-order valence-corrected chi connectivity index (χ3v) is 4.57. The van der Waals surface area contributed by atoms with Gasteiger partial charge < -0.3 is 19.7 Å². The summed E-state index contributed by atoms with van der Waals surface area (Å²) in [6.07, 6.45) is 1.25. The van der Waals surface area contributed by atoms with E-state index in [0.717, 1.165) is 24.4 Å². The van der Waals surface area contributed by atoms with Crippen LogP contribution in [-0.4, -0.2) is 37.6 Å². The molecule has 0 aromatic heterocycles. The van der Waals surface area contributed by atoms with E-state index in [4.69, 9.17) is 9.47 Å². The molecule has 2 aliphatic rings. The Hall–Kier alpha value is -3.02. The van der Waals surface area contributed by atoms with Crippen LogP contribution in [0.5, 0.6) is 11.5 Å². The minimum Gasteiger partial charge on any atom is -0.486 e. The zero-order valence-electron chi connectivity index (χ0n) is 14.3. The maximum Gasteiger partial charge on any atom is 0.251 e. The number of fused-ring (bicyclic) bond motifs is 1. The Labute approximate surface area is 151 Å². The van der Waals surface area contributed by atoms with Crippen LogP contribution in [0.25, 0.3) is 0 Å². The van der Waals surface area contributed by atoms with Gasteiger partial charge in [0.15, 0.2) is 11.5 Å². The van der Waals surface area contributed by atoms with Crippen molar-refractivity contribution >= 4 is 17.5 Å². The molecule has 0 spiro atoms. The summed E-state index contributed by atoms with van der Waals surface area (Å²) in [6.45, 7) is 1.50. The lowest BCUT2D eigenvalue weighted by Gasteiger charge is -2.26. The summed E-state index contributed by atoms with van der Waals surface area (Å²) in [5.41, 5.74) is 1.39. The summed E-state index contributed by atoms with van der Waals surface area (Å²) in [5, 5.41) is 2.87. The minimum atomic E-state index is -0.227. The summed E-state index contributed by atoms with van der Waals surface area (Å²) in [7, 11) is 0. The predicted molar refractivity (Wildman–Crippen MR) is 96.7 cm³/mol.